The number of carbonyl (C=O) groups excluding carboxylic acids is 1. The number of amides is 1. The Bertz CT molecular complexity index is 1160. The molecule has 168 valence electrons. The van der Waals surface area contributed by atoms with E-state index in [1.54, 1.807) is 12.4 Å². The van der Waals surface area contributed by atoms with Crippen LogP contribution in [0.15, 0.2) is 55.0 Å². The Balaban J connectivity index is 1.19. The third-order valence-electron chi connectivity index (χ3n) is 7.90. The summed E-state index contributed by atoms with van der Waals surface area (Å²) in [7, 11) is 3.88. The smallest absolute Gasteiger partial charge is 0.225 e. The van der Waals surface area contributed by atoms with Gasteiger partial charge >= 0.3 is 0 Å². The van der Waals surface area contributed by atoms with E-state index in [0.29, 0.717) is 24.3 Å². The molecule has 2 aromatic heterocycles. The molecule has 0 unspecified atom stereocenters. The van der Waals surface area contributed by atoms with Gasteiger partial charge in [-0.1, -0.05) is 24.3 Å². The third kappa shape index (κ3) is 3.58. The van der Waals surface area contributed by atoms with Crippen molar-refractivity contribution in [3.8, 4) is 22.4 Å². The molecule has 1 aromatic carbocycles. The molecule has 0 aliphatic heterocycles. The molecule has 6 nitrogen and oxygen atoms in total. The average molecular weight is 440 g/mol. The second kappa shape index (κ2) is 7.94. The Kier molecular flexibility index (Phi) is 4.89. The second-order valence-electron chi connectivity index (χ2n) is 9.99. The number of aromatic nitrogens is 3. The van der Waals surface area contributed by atoms with Gasteiger partial charge in [0.2, 0.25) is 11.9 Å². The molecule has 1 N–H and O–H groups in total. The number of fused-ring (bicyclic) bond motifs is 5. The molecule has 6 heteroatoms. The first-order chi connectivity index (χ1) is 16.1. The van der Waals surface area contributed by atoms with Crippen LogP contribution in [0.1, 0.15) is 24.8 Å². The lowest BCUT2D eigenvalue weighted by Gasteiger charge is -2.15. The highest BCUT2D eigenvalue weighted by atomic mass is 16.2. The summed E-state index contributed by atoms with van der Waals surface area (Å²) in [5.41, 5.74) is 5.02. The zero-order chi connectivity index (χ0) is 22.5. The zero-order valence-electron chi connectivity index (χ0n) is 19.1. The Morgan fingerprint density at radius 2 is 1.70 bits per heavy atom. The first-order valence-electron chi connectivity index (χ1n) is 11.9. The van der Waals surface area contributed by atoms with Crippen molar-refractivity contribution < 1.29 is 4.79 Å². The summed E-state index contributed by atoms with van der Waals surface area (Å²) in [6.07, 6.45) is 9.50. The third-order valence-corrected chi connectivity index (χ3v) is 7.90. The van der Waals surface area contributed by atoms with Gasteiger partial charge in [-0.15, -0.1) is 0 Å². The average Bonchev–Trinajstić information content (AvgIpc) is 3.29. The van der Waals surface area contributed by atoms with Crippen LogP contribution < -0.4 is 10.2 Å². The normalized spacial score (nSPS) is 26.7. The number of anilines is 1. The molecule has 3 aromatic rings. The van der Waals surface area contributed by atoms with E-state index in [-0.39, 0.29) is 11.8 Å². The van der Waals surface area contributed by atoms with Crippen molar-refractivity contribution in [1.82, 2.24) is 20.3 Å². The fraction of sp³-hybridized carbons (Fsp3) is 0.407. The topological polar surface area (TPSA) is 71.0 Å². The summed E-state index contributed by atoms with van der Waals surface area (Å²) in [6, 6.07) is 12.3. The van der Waals surface area contributed by atoms with Crippen LogP contribution in [0.25, 0.3) is 22.4 Å². The van der Waals surface area contributed by atoms with E-state index in [9.17, 15) is 4.79 Å². The molecule has 6 rings (SSSR count). The summed E-state index contributed by atoms with van der Waals surface area (Å²) >= 11 is 0. The number of nitrogens with zero attached hydrogens (tertiary/aromatic N) is 4. The van der Waals surface area contributed by atoms with Crippen molar-refractivity contribution in [2.24, 2.45) is 29.6 Å². The standard InChI is InChI=1S/C27H29N5O/c1-32(2)27-30-15-21(17-9-11-28-12-10-17)25(31-27)18-5-3-16(4-6-18)14-29-26(33)24-22-19-7-8-20(13-19)23(22)24/h3-6,9-12,15,19-20,22-24H,7-8,13-14H2,1-2H3,(H,29,33)/t19-,20-,22+,23+/m0/s1. The fourth-order valence-electron chi connectivity index (χ4n) is 6.31. The Hall–Kier alpha value is -3.28. The maximum Gasteiger partial charge on any atom is 0.225 e. The predicted molar refractivity (Wildman–Crippen MR) is 128 cm³/mol. The number of nitrogens with one attached hydrogen (secondary N) is 1. The summed E-state index contributed by atoms with van der Waals surface area (Å²) in [5.74, 6) is 4.22. The van der Waals surface area contributed by atoms with Crippen molar-refractivity contribution in [1.29, 1.82) is 0 Å². The van der Waals surface area contributed by atoms with E-state index in [4.69, 9.17) is 4.98 Å². The van der Waals surface area contributed by atoms with Crippen molar-refractivity contribution in [2.75, 3.05) is 19.0 Å². The van der Waals surface area contributed by atoms with Gasteiger partial charge in [-0.2, -0.15) is 0 Å². The molecule has 0 saturated heterocycles. The summed E-state index contributed by atoms with van der Waals surface area (Å²) < 4.78 is 0. The summed E-state index contributed by atoms with van der Waals surface area (Å²) in [4.78, 5) is 28.1. The molecule has 3 fully saturated rings. The van der Waals surface area contributed by atoms with E-state index in [1.807, 2.05) is 37.3 Å². The van der Waals surface area contributed by atoms with E-state index < -0.39 is 0 Å². The van der Waals surface area contributed by atoms with Gasteiger partial charge in [-0.05, 0) is 66.2 Å². The van der Waals surface area contributed by atoms with E-state index in [2.05, 4.69) is 39.6 Å². The highest BCUT2D eigenvalue weighted by Crippen LogP contribution is 2.69. The van der Waals surface area contributed by atoms with E-state index >= 15 is 0 Å². The first kappa shape index (κ1) is 20.3. The van der Waals surface area contributed by atoms with Gasteiger partial charge in [-0.3, -0.25) is 9.78 Å². The molecule has 4 atom stereocenters. The maximum atomic E-state index is 12.8. The molecule has 1 amide bonds. The van der Waals surface area contributed by atoms with Crippen LogP contribution in [-0.4, -0.2) is 35.0 Å². The lowest BCUT2D eigenvalue weighted by Crippen LogP contribution is -2.27. The minimum Gasteiger partial charge on any atom is -0.352 e. The molecule has 2 bridgehead atoms. The molecule has 3 aliphatic rings. The van der Waals surface area contributed by atoms with Crippen LogP contribution in [-0.2, 0) is 11.3 Å². The summed E-state index contributed by atoms with van der Waals surface area (Å²) in [6.45, 7) is 0.578. The lowest BCUT2D eigenvalue weighted by molar-refractivity contribution is -0.123. The minimum absolute atomic E-state index is 0.261. The molecule has 2 heterocycles. The maximum absolute atomic E-state index is 12.8. The van der Waals surface area contributed by atoms with Crippen molar-refractivity contribution in [3.63, 3.8) is 0 Å². The summed E-state index contributed by atoms with van der Waals surface area (Å²) in [5, 5.41) is 3.20. The van der Waals surface area contributed by atoms with Crippen LogP contribution in [0.4, 0.5) is 5.95 Å². The SMILES string of the molecule is CN(C)c1ncc(-c2ccncc2)c(-c2ccc(CNC(=O)C3[C@@H]4[C@H]5CC[C@@H](C5)[C@@H]34)cc2)n1. The number of carbonyl (C=O) groups is 1. The molecule has 33 heavy (non-hydrogen) atoms. The van der Waals surface area contributed by atoms with Crippen LogP contribution in [0.5, 0.6) is 0 Å². The van der Waals surface area contributed by atoms with Gasteiger partial charge < -0.3 is 10.2 Å². The number of benzene rings is 1. The van der Waals surface area contributed by atoms with Crippen LogP contribution in [0.3, 0.4) is 0 Å². The van der Waals surface area contributed by atoms with Gasteiger partial charge in [0.15, 0.2) is 0 Å². The van der Waals surface area contributed by atoms with Crippen LogP contribution >= 0.6 is 0 Å². The lowest BCUT2D eigenvalue weighted by atomic mass is 10.0. The Labute approximate surface area is 194 Å². The molecular weight excluding hydrogens is 410 g/mol. The molecule has 0 spiro atoms. The van der Waals surface area contributed by atoms with Gasteiger partial charge in [0.05, 0.1) is 5.69 Å². The van der Waals surface area contributed by atoms with Crippen LogP contribution in [0, 0.1) is 29.6 Å². The highest BCUT2D eigenvalue weighted by molar-refractivity contribution is 5.83. The highest BCUT2D eigenvalue weighted by Gasteiger charge is 2.67. The minimum atomic E-state index is 0.261. The van der Waals surface area contributed by atoms with E-state index in [1.165, 1.54) is 19.3 Å². The zero-order valence-corrected chi connectivity index (χ0v) is 19.1. The van der Waals surface area contributed by atoms with Gasteiger partial charge in [0, 0.05) is 56.3 Å². The molecule has 0 radical (unpaired) electrons. The molecule has 3 saturated carbocycles. The van der Waals surface area contributed by atoms with Crippen molar-refractivity contribution >= 4 is 11.9 Å². The number of pyridine rings is 1. The first-order valence-corrected chi connectivity index (χ1v) is 11.9. The van der Waals surface area contributed by atoms with E-state index in [0.717, 1.165) is 39.8 Å². The number of hydrogen-bond donors (Lipinski definition) is 1. The van der Waals surface area contributed by atoms with Gasteiger partial charge in [0.1, 0.15) is 0 Å². The number of hydrogen-bond acceptors (Lipinski definition) is 5. The second-order valence-corrected chi connectivity index (χ2v) is 9.99. The predicted octanol–water partition coefficient (Wildman–Crippen LogP) is 4.18. The monoisotopic (exact) mass is 439 g/mol. The molecule has 3 aliphatic carbocycles. The van der Waals surface area contributed by atoms with Crippen molar-refractivity contribution in [3.05, 3.63) is 60.6 Å². The Morgan fingerprint density at radius 1 is 1.00 bits per heavy atom. The number of rotatable bonds is 6. The van der Waals surface area contributed by atoms with Crippen LogP contribution in [0.2, 0.25) is 0 Å². The van der Waals surface area contributed by atoms with Gasteiger partial charge in [0.25, 0.3) is 0 Å². The van der Waals surface area contributed by atoms with Crippen molar-refractivity contribution in [2.45, 2.75) is 25.8 Å². The quantitative estimate of drug-likeness (QED) is 0.624. The van der Waals surface area contributed by atoms with Gasteiger partial charge in [-0.25, -0.2) is 9.97 Å². The molecular formula is C27H29N5O. The fourth-order valence-corrected chi connectivity index (χ4v) is 6.31. The largest absolute Gasteiger partial charge is 0.352 e. The Morgan fingerprint density at radius 3 is 2.36 bits per heavy atom.